The highest BCUT2D eigenvalue weighted by molar-refractivity contribution is 6.08. The Balaban J connectivity index is 0.925. The molecule has 0 saturated heterocycles. The van der Waals surface area contributed by atoms with Crippen molar-refractivity contribution in [2.45, 2.75) is 0 Å². The van der Waals surface area contributed by atoms with Crippen molar-refractivity contribution in [3.05, 3.63) is 243 Å². The summed E-state index contributed by atoms with van der Waals surface area (Å²) < 4.78 is 0. The molecule has 60 heavy (non-hydrogen) atoms. The molecule has 11 rings (SSSR count). The lowest BCUT2D eigenvalue weighted by Gasteiger charge is -2.27. The average molecular weight is 765 g/mol. The first-order valence-corrected chi connectivity index (χ1v) is 20.6. The second kappa shape index (κ2) is 15.1. The molecule has 0 amide bonds. The van der Waals surface area contributed by atoms with Gasteiger partial charge in [0.15, 0.2) is 0 Å². The number of hydrogen-bond acceptors (Lipinski definition) is 2. The number of nitrogens with zero attached hydrogens (tertiary/aromatic N) is 2. The zero-order valence-electron chi connectivity index (χ0n) is 33.0. The molecule has 11 aromatic rings. The van der Waals surface area contributed by atoms with Gasteiger partial charge in [0.1, 0.15) is 0 Å². The quantitative estimate of drug-likeness (QED) is 0.142. The molecule has 0 atom stereocenters. The zero-order valence-corrected chi connectivity index (χ0v) is 33.0. The first kappa shape index (κ1) is 35.2. The van der Waals surface area contributed by atoms with Crippen molar-refractivity contribution in [1.82, 2.24) is 0 Å². The van der Waals surface area contributed by atoms with E-state index >= 15 is 0 Å². The summed E-state index contributed by atoms with van der Waals surface area (Å²) in [4.78, 5) is 4.67. The van der Waals surface area contributed by atoms with Crippen LogP contribution in [0.3, 0.4) is 0 Å². The molecule has 0 bridgehead atoms. The van der Waals surface area contributed by atoms with Crippen LogP contribution in [0.2, 0.25) is 0 Å². The lowest BCUT2D eigenvalue weighted by Crippen LogP contribution is -2.10. The van der Waals surface area contributed by atoms with Gasteiger partial charge in [-0.25, -0.2) is 0 Å². The third-order valence-corrected chi connectivity index (χ3v) is 11.7. The number of hydrogen-bond donors (Lipinski definition) is 0. The highest BCUT2D eigenvalue weighted by Gasteiger charge is 2.18. The Hall–Kier alpha value is -7.94. The number of para-hydroxylation sites is 4. The van der Waals surface area contributed by atoms with Crippen LogP contribution in [0.4, 0.5) is 34.1 Å². The van der Waals surface area contributed by atoms with Gasteiger partial charge in [-0.1, -0.05) is 146 Å². The summed E-state index contributed by atoms with van der Waals surface area (Å²) in [6.07, 6.45) is 0. The van der Waals surface area contributed by atoms with Crippen LogP contribution in [0.15, 0.2) is 243 Å². The van der Waals surface area contributed by atoms with E-state index < -0.39 is 0 Å². The molecule has 0 N–H and O–H groups in total. The van der Waals surface area contributed by atoms with Gasteiger partial charge in [0.25, 0.3) is 0 Å². The predicted octanol–water partition coefficient (Wildman–Crippen LogP) is 16.6. The zero-order chi connectivity index (χ0) is 39.8. The lowest BCUT2D eigenvalue weighted by atomic mass is 9.93. The Labute approximate surface area is 350 Å². The molecule has 0 unspecified atom stereocenters. The number of anilines is 6. The van der Waals surface area contributed by atoms with E-state index in [0.717, 1.165) is 34.1 Å². The highest BCUT2D eigenvalue weighted by Crippen LogP contribution is 2.43. The van der Waals surface area contributed by atoms with Gasteiger partial charge in [0.2, 0.25) is 0 Å². The maximum Gasteiger partial charge on any atom is 0.0540 e. The molecule has 0 saturated carbocycles. The van der Waals surface area contributed by atoms with Gasteiger partial charge in [0.05, 0.1) is 5.69 Å². The van der Waals surface area contributed by atoms with E-state index in [0.29, 0.717) is 0 Å². The van der Waals surface area contributed by atoms with Crippen molar-refractivity contribution in [3.63, 3.8) is 0 Å². The van der Waals surface area contributed by atoms with Gasteiger partial charge in [-0.15, -0.1) is 0 Å². The first-order valence-electron chi connectivity index (χ1n) is 20.6. The summed E-state index contributed by atoms with van der Waals surface area (Å²) in [6, 6.07) is 87.8. The Morgan fingerprint density at radius 1 is 0.217 bits per heavy atom. The summed E-state index contributed by atoms with van der Waals surface area (Å²) in [5, 5.41) is 9.81. The van der Waals surface area contributed by atoms with Gasteiger partial charge in [-0.05, 0) is 157 Å². The van der Waals surface area contributed by atoms with Gasteiger partial charge < -0.3 is 9.80 Å². The van der Waals surface area contributed by atoms with Crippen LogP contribution in [-0.4, -0.2) is 0 Å². The first-order chi connectivity index (χ1) is 29.7. The number of rotatable bonds is 8. The Bertz CT molecular complexity index is 3230. The minimum atomic E-state index is 1.13. The van der Waals surface area contributed by atoms with Crippen LogP contribution < -0.4 is 9.80 Å². The third-order valence-electron chi connectivity index (χ3n) is 11.7. The van der Waals surface area contributed by atoms with Crippen LogP contribution in [0.1, 0.15) is 0 Å². The summed E-state index contributed by atoms with van der Waals surface area (Å²) in [5.74, 6) is 0. The van der Waals surface area contributed by atoms with Crippen molar-refractivity contribution in [1.29, 1.82) is 0 Å². The largest absolute Gasteiger partial charge is 0.310 e. The molecular formula is C58H40N2. The van der Waals surface area contributed by atoms with E-state index in [2.05, 4.69) is 252 Å². The molecule has 0 spiro atoms. The van der Waals surface area contributed by atoms with Gasteiger partial charge in [-0.3, -0.25) is 0 Å². The summed E-state index contributed by atoms with van der Waals surface area (Å²) in [6.45, 7) is 0. The van der Waals surface area contributed by atoms with Crippen LogP contribution in [0.25, 0.3) is 65.3 Å². The molecule has 2 nitrogen and oxygen atoms in total. The number of benzene rings is 11. The molecular weight excluding hydrogens is 725 g/mol. The summed E-state index contributed by atoms with van der Waals surface area (Å²) >= 11 is 0. The Morgan fingerprint density at radius 2 is 0.617 bits per heavy atom. The van der Waals surface area contributed by atoms with Crippen LogP contribution in [0.5, 0.6) is 0 Å². The van der Waals surface area contributed by atoms with Crippen molar-refractivity contribution in [2.24, 2.45) is 0 Å². The van der Waals surface area contributed by atoms with Crippen LogP contribution in [0, 0.1) is 0 Å². The fraction of sp³-hybridized carbons (Fsp3) is 0. The second-order valence-electron chi connectivity index (χ2n) is 15.4. The monoisotopic (exact) mass is 764 g/mol. The smallest absolute Gasteiger partial charge is 0.0540 e. The van der Waals surface area contributed by atoms with E-state index in [9.17, 15) is 0 Å². The fourth-order valence-corrected chi connectivity index (χ4v) is 8.81. The molecule has 0 aliphatic rings. The standard InChI is InChI=1S/C58H40N2/c1-5-15-50(16-6-1)59(51-17-7-2-8-18-51)54-32-31-43-35-41(26-28-46(43)40-54)42-25-27-44-38-49-39-47(30-29-45(49)37-48(44)36-42)55-33-34-58(57-24-14-13-23-56(55)57)60(52-19-9-3-10-20-52)53-21-11-4-12-22-53/h1-40H. The predicted molar refractivity (Wildman–Crippen MR) is 257 cm³/mol. The van der Waals surface area contributed by atoms with Crippen molar-refractivity contribution >= 4 is 77.2 Å². The maximum absolute atomic E-state index is 2.35. The summed E-state index contributed by atoms with van der Waals surface area (Å²) in [5.41, 5.74) is 11.7. The van der Waals surface area contributed by atoms with Gasteiger partial charge >= 0.3 is 0 Å². The SMILES string of the molecule is c1ccc(N(c2ccccc2)c2ccc3cc(-c4ccc5cc6cc(-c7ccc(N(c8ccccc8)c8ccccc8)c8ccccc78)ccc6cc5c4)ccc3c2)cc1. The van der Waals surface area contributed by atoms with E-state index in [1.54, 1.807) is 0 Å². The number of fused-ring (bicyclic) bond motifs is 4. The highest BCUT2D eigenvalue weighted by atomic mass is 15.1. The van der Waals surface area contributed by atoms with Crippen molar-refractivity contribution in [2.75, 3.05) is 9.80 Å². The molecule has 0 fully saturated rings. The molecule has 0 heterocycles. The summed E-state index contributed by atoms with van der Waals surface area (Å²) in [7, 11) is 0. The Kier molecular flexibility index (Phi) is 8.87. The molecule has 0 aromatic heterocycles. The third kappa shape index (κ3) is 6.51. The molecule has 282 valence electrons. The van der Waals surface area contributed by atoms with Crippen LogP contribution in [-0.2, 0) is 0 Å². The molecule has 0 aliphatic carbocycles. The van der Waals surface area contributed by atoms with Crippen LogP contribution >= 0.6 is 0 Å². The fourth-order valence-electron chi connectivity index (χ4n) is 8.81. The average Bonchev–Trinajstić information content (AvgIpc) is 3.32. The van der Waals surface area contributed by atoms with E-state index in [-0.39, 0.29) is 0 Å². The van der Waals surface area contributed by atoms with Crippen molar-refractivity contribution < 1.29 is 0 Å². The normalized spacial score (nSPS) is 11.3. The van der Waals surface area contributed by atoms with Crippen molar-refractivity contribution in [3.8, 4) is 22.3 Å². The second-order valence-corrected chi connectivity index (χ2v) is 15.4. The van der Waals surface area contributed by atoms with E-state index in [1.807, 2.05) is 0 Å². The minimum Gasteiger partial charge on any atom is -0.310 e. The topological polar surface area (TPSA) is 6.48 Å². The molecule has 11 aromatic carbocycles. The maximum atomic E-state index is 2.35. The Morgan fingerprint density at radius 3 is 1.17 bits per heavy atom. The molecule has 0 aliphatic heterocycles. The lowest BCUT2D eigenvalue weighted by molar-refractivity contribution is 1.29. The molecule has 2 heteroatoms. The minimum absolute atomic E-state index is 1.13. The van der Waals surface area contributed by atoms with Gasteiger partial charge in [-0.2, -0.15) is 0 Å². The molecule has 0 radical (unpaired) electrons. The van der Waals surface area contributed by atoms with Gasteiger partial charge in [0, 0.05) is 33.8 Å². The van der Waals surface area contributed by atoms with E-state index in [1.165, 1.54) is 65.3 Å². The van der Waals surface area contributed by atoms with E-state index in [4.69, 9.17) is 0 Å².